The predicted octanol–water partition coefficient (Wildman–Crippen LogP) is 3.06. The van der Waals surface area contributed by atoms with Gasteiger partial charge in [0.2, 0.25) is 0 Å². The van der Waals surface area contributed by atoms with E-state index in [1.54, 1.807) is 0 Å². The first-order valence-electron chi connectivity index (χ1n) is 5.72. The van der Waals surface area contributed by atoms with Gasteiger partial charge in [-0.05, 0) is 18.8 Å². The lowest BCUT2D eigenvalue weighted by atomic mass is 9.96. The molecule has 1 fully saturated rings. The van der Waals surface area contributed by atoms with Crippen molar-refractivity contribution in [3.63, 3.8) is 0 Å². The van der Waals surface area contributed by atoms with Gasteiger partial charge < -0.3 is 0 Å². The van der Waals surface area contributed by atoms with Gasteiger partial charge in [-0.1, -0.05) is 26.7 Å². The van der Waals surface area contributed by atoms with Crippen LogP contribution in [-0.2, 0) is 0 Å². The molecule has 0 aliphatic heterocycles. The molecular weight excluding hydrogens is 186 g/mol. The van der Waals surface area contributed by atoms with E-state index in [0.717, 1.165) is 17.0 Å². The summed E-state index contributed by atoms with van der Waals surface area (Å²) in [5.41, 5.74) is 2.81. The molecule has 0 atom stereocenters. The van der Waals surface area contributed by atoms with Crippen molar-refractivity contribution >= 4 is 0 Å². The Hall–Kier alpha value is -1.30. The summed E-state index contributed by atoms with van der Waals surface area (Å²) < 4.78 is 0. The van der Waals surface area contributed by atoms with Crippen LogP contribution < -0.4 is 0 Å². The number of hydrogen-bond acceptors (Lipinski definition) is 2. The number of nitriles is 1. The molecule has 1 aromatic rings. The van der Waals surface area contributed by atoms with E-state index in [-0.39, 0.29) is 0 Å². The van der Waals surface area contributed by atoms with Crippen LogP contribution >= 0.6 is 0 Å². The molecule has 2 rings (SSSR count). The fourth-order valence-electron chi connectivity index (χ4n) is 2.42. The van der Waals surface area contributed by atoms with Gasteiger partial charge in [0.1, 0.15) is 6.07 Å². The van der Waals surface area contributed by atoms with Crippen LogP contribution in [0, 0.1) is 11.3 Å². The van der Waals surface area contributed by atoms with Crippen LogP contribution in [0.3, 0.4) is 0 Å². The van der Waals surface area contributed by atoms with E-state index in [0.29, 0.717) is 11.8 Å². The first kappa shape index (κ1) is 10.2. The van der Waals surface area contributed by atoms with E-state index in [1.165, 1.54) is 25.7 Å². The van der Waals surface area contributed by atoms with Crippen LogP contribution in [0.25, 0.3) is 0 Å². The molecule has 0 radical (unpaired) electrons. The Bertz CT molecular complexity index is 378. The molecule has 1 N–H and O–H groups in total. The Kier molecular flexibility index (Phi) is 2.77. The number of H-pyrrole nitrogens is 1. The maximum absolute atomic E-state index is 9.19. The first-order valence-corrected chi connectivity index (χ1v) is 5.72. The molecule has 1 aromatic heterocycles. The molecule has 1 saturated carbocycles. The smallest absolute Gasteiger partial charge is 0.103 e. The number of hydrogen-bond donors (Lipinski definition) is 1. The number of nitrogens with one attached hydrogen (secondary N) is 1. The molecule has 0 amide bonds. The van der Waals surface area contributed by atoms with Crippen molar-refractivity contribution in [2.45, 2.75) is 51.4 Å². The average Bonchev–Trinajstić information content (AvgIpc) is 2.85. The van der Waals surface area contributed by atoms with Crippen molar-refractivity contribution in [3.8, 4) is 6.07 Å². The molecule has 0 unspecified atom stereocenters. The average molecular weight is 203 g/mol. The summed E-state index contributed by atoms with van der Waals surface area (Å²) in [4.78, 5) is 0. The van der Waals surface area contributed by atoms with Gasteiger partial charge in [0.05, 0.1) is 17.0 Å². The van der Waals surface area contributed by atoms with Crippen LogP contribution in [0.1, 0.15) is 68.3 Å². The summed E-state index contributed by atoms with van der Waals surface area (Å²) in [7, 11) is 0. The van der Waals surface area contributed by atoms with E-state index in [4.69, 9.17) is 0 Å². The second-order valence-corrected chi connectivity index (χ2v) is 4.65. The van der Waals surface area contributed by atoms with Gasteiger partial charge in [0.15, 0.2) is 0 Å². The van der Waals surface area contributed by atoms with Gasteiger partial charge in [0, 0.05) is 5.92 Å². The van der Waals surface area contributed by atoms with Crippen molar-refractivity contribution in [2.75, 3.05) is 0 Å². The first-order chi connectivity index (χ1) is 7.24. The zero-order chi connectivity index (χ0) is 10.8. The normalized spacial score (nSPS) is 17.2. The van der Waals surface area contributed by atoms with Gasteiger partial charge in [0.25, 0.3) is 0 Å². The largest absolute Gasteiger partial charge is 0.281 e. The minimum atomic E-state index is 0.325. The molecule has 0 aromatic carbocycles. The maximum Gasteiger partial charge on any atom is 0.103 e. The fraction of sp³-hybridized carbons (Fsp3) is 0.667. The Morgan fingerprint density at radius 1 is 1.40 bits per heavy atom. The Balaban J connectivity index is 2.36. The molecule has 1 heterocycles. The quantitative estimate of drug-likeness (QED) is 0.803. The van der Waals surface area contributed by atoms with E-state index in [1.807, 2.05) is 0 Å². The van der Waals surface area contributed by atoms with Crippen molar-refractivity contribution < 1.29 is 0 Å². The van der Waals surface area contributed by atoms with E-state index >= 15 is 0 Å². The summed E-state index contributed by atoms with van der Waals surface area (Å²) in [6, 6.07) is 2.31. The third-order valence-corrected chi connectivity index (χ3v) is 3.24. The second-order valence-electron chi connectivity index (χ2n) is 4.65. The van der Waals surface area contributed by atoms with Crippen molar-refractivity contribution in [1.82, 2.24) is 10.2 Å². The Labute approximate surface area is 90.5 Å². The summed E-state index contributed by atoms with van der Waals surface area (Å²) in [5, 5.41) is 16.5. The van der Waals surface area contributed by atoms with Crippen LogP contribution in [0.2, 0.25) is 0 Å². The number of aromatic amines is 1. The monoisotopic (exact) mass is 203 g/mol. The van der Waals surface area contributed by atoms with Crippen LogP contribution in [-0.4, -0.2) is 10.2 Å². The molecule has 0 bridgehead atoms. The van der Waals surface area contributed by atoms with E-state index < -0.39 is 0 Å². The minimum absolute atomic E-state index is 0.325. The summed E-state index contributed by atoms with van der Waals surface area (Å²) in [6.07, 6.45) is 4.97. The van der Waals surface area contributed by atoms with Crippen molar-refractivity contribution in [2.24, 2.45) is 0 Å². The van der Waals surface area contributed by atoms with Gasteiger partial charge in [-0.2, -0.15) is 10.4 Å². The minimum Gasteiger partial charge on any atom is -0.281 e. The highest BCUT2D eigenvalue weighted by atomic mass is 15.1. The highest BCUT2D eigenvalue weighted by molar-refractivity contribution is 5.41. The molecule has 3 heteroatoms. The van der Waals surface area contributed by atoms with Crippen molar-refractivity contribution in [3.05, 3.63) is 17.0 Å². The van der Waals surface area contributed by atoms with Gasteiger partial charge in [-0.15, -0.1) is 0 Å². The lowest BCUT2D eigenvalue weighted by molar-refractivity contribution is 0.691. The van der Waals surface area contributed by atoms with Crippen LogP contribution in [0.15, 0.2) is 0 Å². The molecule has 1 aliphatic rings. The summed E-state index contributed by atoms with van der Waals surface area (Å²) >= 11 is 0. The second kappa shape index (κ2) is 4.06. The van der Waals surface area contributed by atoms with Crippen molar-refractivity contribution in [1.29, 1.82) is 5.26 Å². The van der Waals surface area contributed by atoms with Crippen LogP contribution in [0.4, 0.5) is 0 Å². The molecule has 3 nitrogen and oxygen atoms in total. The van der Waals surface area contributed by atoms with E-state index in [2.05, 4.69) is 30.1 Å². The molecule has 1 aliphatic carbocycles. The SMILES string of the molecule is CC(C)c1n[nH]c(C2CCCC2)c1C#N. The number of aromatic nitrogens is 2. The molecule has 0 saturated heterocycles. The summed E-state index contributed by atoms with van der Waals surface area (Å²) in [6.45, 7) is 4.16. The Morgan fingerprint density at radius 3 is 2.60 bits per heavy atom. The highest BCUT2D eigenvalue weighted by Crippen LogP contribution is 2.36. The van der Waals surface area contributed by atoms with E-state index in [9.17, 15) is 5.26 Å². The third kappa shape index (κ3) is 1.77. The lowest BCUT2D eigenvalue weighted by Gasteiger charge is -2.06. The number of nitrogens with zero attached hydrogens (tertiary/aromatic N) is 2. The molecule has 0 spiro atoms. The topological polar surface area (TPSA) is 52.5 Å². The molecule has 80 valence electrons. The van der Waals surface area contributed by atoms with Gasteiger partial charge in [-0.3, -0.25) is 5.10 Å². The standard InChI is InChI=1S/C12H17N3/c1-8(2)11-10(7-13)12(15-14-11)9-5-3-4-6-9/h8-9H,3-6H2,1-2H3,(H,14,15). The van der Waals surface area contributed by atoms with Gasteiger partial charge in [-0.25, -0.2) is 0 Å². The zero-order valence-electron chi connectivity index (χ0n) is 9.38. The highest BCUT2D eigenvalue weighted by Gasteiger charge is 2.24. The molecular formula is C12H17N3. The lowest BCUT2D eigenvalue weighted by Crippen LogP contribution is -1.97. The molecule has 15 heavy (non-hydrogen) atoms. The fourth-order valence-corrected chi connectivity index (χ4v) is 2.42. The van der Waals surface area contributed by atoms with Gasteiger partial charge >= 0.3 is 0 Å². The zero-order valence-corrected chi connectivity index (χ0v) is 9.38. The predicted molar refractivity (Wildman–Crippen MR) is 58.6 cm³/mol. The van der Waals surface area contributed by atoms with Crippen LogP contribution in [0.5, 0.6) is 0 Å². The summed E-state index contributed by atoms with van der Waals surface area (Å²) in [5.74, 6) is 0.866. The third-order valence-electron chi connectivity index (χ3n) is 3.24. The number of rotatable bonds is 2. The Morgan fingerprint density at radius 2 is 2.07 bits per heavy atom. The maximum atomic E-state index is 9.19.